The maximum absolute atomic E-state index is 13.1. The van der Waals surface area contributed by atoms with Crippen LogP contribution < -0.4 is 5.32 Å². The lowest BCUT2D eigenvalue weighted by atomic mass is 10.1. The van der Waals surface area contributed by atoms with Gasteiger partial charge in [0.05, 0.1) is 6.54 Å². The number of carbonyl (C=O) groups is 1. The van der Waals surface area contributed by atoms with Crippen LogP contribution in [-0.4, -0.2) is 17.6 Å². The molecule has 1 aliphatic heterocycles. The van der Waals surface area contributed by atoms with Crippen LogP contribution in [0.15, 0.2) is 72.9 Å². The number of nitrogens with one attached hydrogen (secondary N) is 1. The van der Waals surface area contributed by atoms with E-state index in [2.05, 4.69) is 35.0 Å². The summed E-state index contributed by atoms with van der Waals surface area (Å²) in [5.41, 5.74) is 2.06. The van der Waals surface area contributed by atoms with E-state index in [1.165, 1.54) is 18.3 Å². The van der Waals surface area contributed by atoms with Gasteiger partial charge in [0.25, 0.3) is 0 Å². The average Bonchev–Trinajstić information content (AvgIpc) is 3.22. The minimum absolute atomic E-state index is 0.333. The van der Waals surface area contributed by atoms with Gasteiger partial charge in [0.2, 0.25) is 5.95 Å². The Morgan fingerprint density at radius 3 is 2.20 bits per heavy atom. The molecule has 1 amide bonds. The second-order valence-electron chi connectivity index (χ2n) is 5.78. The first-order valence-electron chi connectivity index (χ1n) is 8.82. The lowest BCUT2D eigenvalue weighted by Gasteiger charge is -2.07. The molecular weight excluding hydrogens is 386 g/mol. The van der Waals surface area contributed by atoms with Gasteiger partial charge in [-0.25, -0.2) is 14.2 Å². The Hall–Kier alpha value is -4.16. The smallest absolute Gasteiger partial charge is 0.407 e. The number of hydrogen-bond donors (Lipinski definition) is 1. The van der Waals surface area contributed by atoms with Gasteiger partial charge in [-0.3, -0.25) is 0 Å². The highest BCUT2D eigenvalue weighted by Crippen LogP contribution is 2.22. The maximum atomic E-state index is 13.1. The van der Waals surface area contributed by atoms with Gasteiger partial charge >= 0.3 is 6.09 Å². The third-order valence-corrected chi connectivity index (χ3v) is 3.79. The molecule has 1 saturated heterocycles. The van der Waals surface area contributed by atoms with Gasteiger partial charge < -0.3 is 10.1 Å². The molecule has 4 rings (SSSR count). The summed E-state index contributed by atoms with van der Waals surface area (Å²) in [6, 6.07) is 18.8. The molecule has 0 bridgehead atoms. The van der Waals surface area contributed by atoms with Crippen LogP contribution in [0.2, 0.25) is 0 Å². The lowest BCUT2D eigenvalue weighted by molar-refractivity contribution is 0.139. The number of nitrogens with zero attached hydrogens (tertiary/aromatic N) is 1. The number of terminal acetylenes is 1. The number of benzene rings is 2. The molecule has 0 saturated carbocycles. The largest absolute Gasteiger partial charge is 0.439 e. The normalized spacial score (nSPS) is 13.7. The van der Waals surface area contributed by atoms with Crippen molar-refractivity contribution in [3.8, 4) is 24.7 Å². The number of hydrogen-bond acceptors (Lipinski definition) is 3. The SMILES string of the molecule is C#C.Fc1ccc(C#Cc2ccccc2)cn1.O=C1NC[C@H](c2ccccc2F)O1. The fraction of sp³-hybridized carbons (Fsp3) is 0.0833. The third kappa shape index (κ3) is 6.78. The molecule has 0 spiro atoms. The third-order valence-electron chi connectivity index (χ3n) is 3.79. The molecular formula is C24H18F2N2O2. The van der Waals surface area contributed by atoms with Crippen LogP contribution in [-0.2, 0) is 4.74 Å². The number of halogens is 2. The van der Waals surface area contributed by atoms with E-state index in [4.69, 9.17) is 4.74 Å². The first-order valence-corrected chi connectivity index (χ1v) is 8.82. The van der Waals surface area contributed by atoms with Crippen LogP contribution in [0, 0.1) is 36.5 Å². The molecule has 2 heterocycles. The van der Waals surface area contributed by atoms with Gasteiger partial charge in [-0.15, -0.1) is 12.8 Å². The van der Waals surface area contributed by atoms with Gasteiger partial charge in [-0.05, 0) is 30.3 Å². The Labute approximate surface area is 173 Å². The zero-order valence-corrected chi connectivity index (χ0v) is 15.9. The first kappa shape index (κ1) is 22.1. The Morgan fingerprint density at radius 2 is 1.60 bits per heavy atom. The Kier molecular flexibility index (Phi) is 8.58. The zero-order chi connectivity index (χ0) is 21.8. The summed E-state index contributed by atoms with van der Waals surface area (Å²) in [5.74, 6) is 5.05. The molecule has 150 valence electrons. The van der Waals surface area contributed by atoms with E-state index in [1.54, 1.807) is 24.3 Å². The standard InChI is InChI=1S/C13H8FN.C9H8FNO2.C2H2/c14-13-9-8-12(10-15-13)7-6-11-4-2-1-3-5-11;10-7-4-2-1-3-6(7)8-5-11-9(12)13-8;1-2/h1-5,8-10H;1-4,8H,5H2,(H,11,12);1-2H/t;8-;/m.1./s1. The molecule has 1 aromatic heterocycles. The second kappa shape index (κ2) is 11.6. The molecule has 4 nitrogen and oxygen atoms in total. The molecule has 1 fully saturated rings. The fourth-order valence-corrected chi connectivity index (χ4v) is 2.41. The number of alkyl carbamates (subject to hydrolysis) is 1. The van der Waals surface area contributed by atoms with Gasteiger partial charge in [0, 0.05) is 22.9 Å². The number of pyridine rings is 1. The maximum Gasteiger partial charge on any atom is 0.407 e. The number of ether oxygens (including phenoxy) is 1. The molecule has 0 radical (unpaired) electrons. The molecule has 2 aromatic carbocycles. The van der Waals surface area contributed by atoms with Crippen molar-refractivity contribution in [3.05, 3.63) is 101 Å². The van der Waals surface area contributed by atoms with E-state index in [9.17, 15) is 13.6 Å². The molecule has 6 heteroatoms. The molecule has 3 aromatic rings. The van der Waals surface area contributed by atoms with E-state index in [0.29, 0.717) is 17.7 Å². The molecule has 1 aliphatic rings. The summed E-state index contributed by atoms with van der Waals surface area (Å²) in [5, 5.41) is 2.47. The minimum Gasteiger partial charge on any atom is -0.439 e. The molecule has 1 N–H and O–H groups in total. The Balaban J connectivity index is 0.000000199. The molecule has 0 aliphatic carbocycles. The van der Waals surface area contributed by atoms with Crippen LogP contribution in [0.25, 0.3) is 0 Å². The van der Waals surface area contributed by atoms with E-state index in [0.717, 1.165) is 5.56 Å². The van der Waals surface area contributed by atoms with Crippen LogP contribution in [0.3, 0.4) is 0 Å². The highest BCUT2D eigenvalue weighted by molar-refractivity contribution is 5.69. The van der Waals surface area contributed by atoms with Crippen molar-refractivity contribution in [2.75, 3.05) is 6.54 Å². The summed E-state index contributed by atoms with van der Waals surface area (Å²) in [6.45, 7) is 0.333. The monoisotopic (exact) mass is 404 g/mol. The molecule has 30 heavy (non-hydrogen) atoms. The Morgan fingerprint density at radius 1 is 0.933 bits per heavy atom. The van der Waals surface area contributed by atoms with Crippen LogP contribution in [0.5, 0.6) is 0 Å². The molecule has 1 atom stereocenters. The number of aromatic nitrogens is 1. The first-order chi connectivity index (χ1) is 14.6. The zero-order valence-electron chi connectivity index (χ0n) is 15.9. The van der Waals surface area contributed by atoms with Gasteiger partial charge in [0.15, 0.2) is 0 Å². The van der Waals surface area contributed by atoms with E-state index >= 15 is 0 Å². The van der Waals surface area contributed by atoms with E-state index in [-0.39, 0.29) is 5.82 Å². The van der Waals surface area contributed by atoms with Crippen LogP contribution in [0.1, 0.15) is 22.8 Å². The minimum atomic E-state index is -0.492. The quantitative estimate of drug-likeness (QED) is 0.481. The van der Waals surface area contributed by atoms with Gasteiger partial charge in [0.1, 0.15) is 11.9 Å². The Bertz CT molecular complexity index is 1040. The lowest BCUT2D eigenvalue weighted by Crippen LogP contribution is -2.12. The van der Waals surface area contributed by atoms with Crippen molar-refractivity contribution in [2.45, 2.75) is 6.10 Å². The van der Waals surface area contributed by atoms with Gasteiger partial charge in [-0.1, -0.05) is 48.2 Å². The summed E-state index contributed by atoms with van der Waals surface area (Å²) in [6.07, 6.45) is 8.44. The summed E-state index contributed by atoms with van der Waals surface area (Å²) in [7, 11) is 0. The summed E-state index contributed by atoms with van der Waals surface area (Å²) < 4.78 is 30.5. The van der Waals surface area contributed by atoms with Crippen molar-refractivity contribution >= 4 is 6.09 Å². The van der Waals surface area contributed by atoms with Crippen molar-refractivity contribution in [1.82, 2.24) is 10.3 Å². The predicted molar refractivity (Wildman–Crippen MR) is 110 cm³/mol. The number of cyclic esters (lactones) is 1. The van der Waals surface area contributed by atoms with Crippen molar-refractivity contribution in [1.29, 1.82) is 0 Å². The van der Waals surface area contributed by atoms with Crippen LogP contribution in [0.4, 0.5) is 13.6 Å². The number of rotatable bonds is 1. The van der Waals surface area contributed by atoms with E-state index in [1.807, 2.05) is 30.3 Å². The van der Waals surface area contributed by atoms with Crippen LogP contribution >= 0.6 is 0 Å². The highest BCUT2D eigenvalue weighted by atomic mass is 19.1. The van der Waals surface area contributed by atoms with E-state index < -0.39 is 18.1 Å². The van der Waals surface area contributed by atoms with Crippen molar-refractivity contribution in [3.63, 3.8) is 0 Å². The average molecular weight is 404 g/mol. The second-order valence-corrected chi connectivity index (χ2v) is 5.78. The molecule has 0 unspecified atom stereocenters. The van der Waals surface area contributed by atoms with Gasteiger partial charge in [-0.2, -0.15) is 4.39 Å². The summed E-state index contributed by atoms with van der Waals surface area (Å²) in [4.78, 5) is 14.2. The number of amides is 1. The predicted octanol–water partition coefficient (Wildman–Crippen LogP) is 4.48. The topological polar surface area (TPSA) is 51.2 Å². The van der Waals surface area contributed by atoms with Crippen molar-refractivity contribution < 1.29 is 18.3 Å². The highest BCUT2D eigenvalue weighted by Gasteiger charge is 2.25. The summed E-state index contributed by atoms with van der Waals surface area (Å²) >= 11 is 0. The fourth-order valence-electron chi connectivity index (χ4n) is 2.41. The van der Waals surface area contributed by atoms with Crippen molar-refractivity contribution in [2.24, 2.45) is 0 Å². The number of carbonyl (C=O) groups excluding carboxylic acids is 1.